The molecule has 7 heteroatoms. The molecule has 4 aromatic rings. The minimum absolute atomic E-state index is 0.531. The van der Waals surface area contributed by atoms with E-state index >= 15 is 0 Å². The van der Waals surface area contributed by atoms with E-state index in [0.717, 1.165) is 45.7 Å². The van der Waals surface area contributed by atoms with Crippen LogP contribution in [-0.2, 0) is 7.05 Å². The first-order valence-corrected chi connectivity index (χ1v) is 9.20. The van der Waals surface area contributed by atoms with Gasteiger partial charge in [0, 0.05) is 19.0 Å². The molecule has 140 valence electrons. The molecule has 28 heavy (non-hydrogen) atoms. The van der Waals surface area contributed by atoms with Gasteiger partial charge in [0.1, 0.15) is 17.0 Å². The zero-order valence-electron chi connectivity index (χ0n) is 15.4. The molecule has 5 rings (SSSR count). The van der Waals surface area contributed by atoms with E-state index < -0.39 is 0 Å². The van der Waals surface area contributed by atoms with Gasteiger partial charge in [-0.1, -0.05) is 18.2 Å². The molecule has 1 aliphatic rings. The number of hydrogen-bond donors (Lipinski definition) is 1. The number of ether oxygens (including phenoxy) is 2. The molecule has 2 bridgehead atoms. The zero-order chi connectivity index (χ0) is 18.9. The Balaban J connectivity index is 1.66. The standard InChI is InChI=1S/C21H19N5O2/c1-26-21-15(13-22-26)16-9-10-18-20(23-16)17(24-25-18)8-7-14-5-2-3-6-19(14)27-11-4-12-28-21/h2-3,5-10,13H,4,11-12H2,1H3,(H,24,25)/b8-7+. The van der Waals surface area contributed by atoms with Gasteiger partial charge in [-0.3, -0.25) is 5.10 Å². The Labute approximate surface area is 161 Å². The van der Waals surface area contributed by atoms with Gasteiger partial charge in [-0.2, -0.15) is 10.2 Å². The van der Waals surface area contributed by atoms with Crippen LogP contribution in [0.5, 0.6) is 11.6 Å². The first-order valence-electron chi connectivity index (χ1n) is 9.20. The molecule has 1 aliphatic heterocycles. The molecular formula is C21H19N5O2. The van der Waals surface area contributed by atoms with Crippen molar-refractivity contribution in [2.24, 2.45) is 7.05 Å². The summed E-state index contributed by atoms with van der Waals surface area (Å²) in [6, 6.07) is 11.9. The highest BCUT2D eigenvalue weighted by molar-refractivity contribution is 5.88. The van der Waals surface area contributed by atoms with E-state index in [1.54, 1.807) is 10.9 Å². The average molecular weight is 373 g/mol. The van der Waals surface area contributed by atoms with Gasteiger partial charge in [-0.15, -0.1) is 0 Å². The molecular weight excluding hydrogens is 354 g/mol. The third-order valence-electron chi connectivity index (χ3n) is 4.72. The van der Waals surface area contributed by atoms with Crippen LogP contribution in [0.3, 0.4) is 0 Å². The van der Waals surface area contributed by atoms with Crippen LogP contribution in [0.4, 0.5) is 0 Å². The highest BCUT2D eigenvalue weighted by Crippen LogP contribution is 2.30. The van der Waals surface area contributed by atoms with Crippen molar-refractivity contribution in [1.82, 2.24) is 25.0 Å². The monoisotopic (exact) mass is 373 g/mol. The minimum atomic E-state index is 0.531. The van der Waals surface area contributed by atoms with Gasteiger partial charge in [-0.05, 0) is 30.4 Å². The number of para-hydroxylation sites is 1. The summed E-state index contributed by atoms with van der Waals surface area (Å²) >= 11 is 0. The lowest BCUT2D eigenvalue weighted by molar-refractivity contribution is 0.236. The fraction of sp³-hybridized carbons (Fsp3) is 0.190. The average Bonchev–Trinajstić information content (AvgIpc) is 3.29. The molecule has 0 saturated carbocycles. The molecule has 3 aromatic heterocycles. The van der Waals surface area contributed by atoms with Crippen LogP contribution in [0.25, 0.3) is 34.4 Å². The van der Waals surface area contributed by atoms with E-state index in [2.05, 4.69) is 15.3 Å². The maximum atomic E-state index is 6.01. The molecule has 1 N–H and O–H groups in total. The number of rotatable bonds is 0. The molecule has 0 atom stereocenters. The summed E-state index contributed by atoms with van der Waals surface area (Å²) in [4.78, 5) is 4.83. The predicted octanol–water partition coefficient (Wildman–Crippen LogP) is 3.69. The van der Waals surface area contributed by atoms with Crippen LogP contribution in [0.1, 0.15) is 17.7 Å². The Morgan fingerprint density at radius 1 is 1.04 bits per heavy atom. The third-order valence-corrected chi connectivity index (χ3v) is 4.72. The van der Waals surface area contributed by atoms with Crippen molar-refractivity contribution in [3.05, 3.63) is 53.9 Å². The molecule has 0 fully saturated rings. The van der Waals surface area contributed by atoms with Crippen LogP contribution < -0.4 is 9.47 Å². The Kier molecular flexibility index (Phi) is 4.05. The number of H-pyrrole nitrogens is 1. The van der Waals surface area contributed by atoms with Crippen LogP contribution >= 0.6 is 0 Å². The van der Waals surface area contributed by atoms with E-state index in [1.165, 1.54) is 0 Å². The fourth-order valence-electron chi connectivity index (χ4n) is 3.29. The number of benzene rings is 1. The lowest BCUT2D eigenvalue weighted by Gasteiger charge is -2.11. The van der Waals surface area contributed by atoms with Crippen molar-refractivity contribution in [3.8, 4) is 22.9 Å². The summed E-state index contributed by atoms with van der Waals surface area (Å²) in [7, 11) is 1.87. The van der Waals surface area contributed by atoms with Gasteiger partial charge >= 0.3 is 0 Å². The Morgan fingerprint density at radius 3 is 2.89 bits per heavy atom. The molecule has 0 amide bonds. The van der Waals surface area contributed by atoms with Gasteiger partial charge in [0.15, 0.2) is 0 Å². The quantitative estimate of drug-likeness (QED) is 0.509. The third kappa shape index (κ3) is 2.90. The summed E-state index contributed by atoms with van der Waals surface area (Å²) in [5, 5.41) is 11.8. The van der Waals surface area contributed by atoms with Gasteiger partial charge in [-0.25, -0.2) is 9.67 Å². The summed E-state index contributed by atoms with van der Waals surface area (Å²) in [6.07, 6.45) is 6.50. The Bertz CT molecular complexity index is 1170. The molecule has 0 radical (unpaired) electrons. The maximum Gasteiger partial charge on any atom is 0.221 e. The van der Waals surface area contributed by atoms with E-state index in [1.807, 2.05) is 55.6 Å². The number of fused-ring (bicyclic) bond motifs is 4. The van der Waals surface area contributed by atoms with Crippen LogP contribution in [0.2, 0.25) is 0 Å². The number of nitrogens with one attached hydrogen (secondary N) is 1. The predicted molar refractivity (Wildman–Crippen MR) is 107 cm³/mol. The molecule has 0 unspecified atom stereocenters. The van der Waals surface area contributed by atoms with Crippen LogP contribution in [0, 0.1) is 0 Å². The number of aromatic nitrogens is 5. The van der Waals surface area contributed by atoms with E-state index in [0.29, 0.717) is 19.1 Å². The Hall–Kier alpha value is -3.61. The van der Waals surface area contributed by atoms with Crippen molar-refractivity contribution in [2.75, 3.05) is 13.2 Å². The maximum absolute atomic E-state index is 6.01. The summed E-state index contributed by atoms with van der Waals surface area (Å²) < 4.78 is 13.7. The molecule has 0 aliphatic carbocycles. The lowest BCUT2D eigenvalue weighted by atomic mass is 10.1. The highest BCUT2D eigenvalue weighted by atomic mass is 16.5. The van der Waals surface area contributed by atoms with Crippen molar-refractivity contribution < 1.29 is 9.47 Å². The molecule has 0 saturated heterocycles. The van der Waals surface area contributed by atoms with E-state index in [-0.39, 0.29) is 0 Å². The second-order valence-electron chi connectivity index (χ2n) is 6.61. The minimum Gasteiger partial charge on any atom is -0.493 e. The van der Waals surface area contributed by atoms with Crippen molar-refractivity contribution >= 4 is 23.2 Å². The molecule has 0 spiro atoms. The largest absolute Gasteiger partial charge is 0.493 e. The number of aromatic amines is 1. The summed E-state index contributed by atoms with van der Waals surface area (Å²) in [5.41, 5.74) is 5.11. The van der Waals surface area contributed by atoms with Crippen molar-refractivity contribution in [1.29, 1.82) is 0 Å². The molecule has 7 nitrogen and oxygen atoms in total. The van der Waals surface area contributed by atoms with E-state index in [4.69, 9.17) is 14.5 Å². The summed E-state index contributed by atoms with van der Waals surface area (Å²) in [5.74, 6) is 1.53. The second-order valence-corrected chi connectivity index (χ2v) is 6.61. The second kappa shape index (κ2) is 6.84. The van der Waals surface area contributed by atoms with Gasteiger partial charge in [0.05, 0.1) is 36.2 Å². The first-order chi connectivity index (χ1) is 13.8. The zero-order valence-corrected chi connectivity index (χ0v) is 15.4. The SMILES string of the molecule is Cn1ncc2c1OCCCOc1ccccc1/C=C/c1n[nH]c3ccc-2nc13. The smallest absolute Gasteiger partial charge is 0.221 e. The summed E-state index contributed by atoms with van der Waals surface area (Å²) in [6.45, 7) is 1.10. The molecule has 4 heterocycles. The van der Waals surface area contributed by atoms with Crippen LogP contribution in [-0.4, -0.2) is 38.2 Å². The van der Waals surface area contributed by atoms with Crippen molar-refractivity contribution in [3.63, 3.8) is 0 Å². The van der Waals surface area contributed by atoms with Gasteiger partial charge < -0.3 is 9.47 Å². The Morgan fingerprint density at radius 2 is 1.93 bits per heavy atom. The van der Waals surface area contributed by atoms with Gasteiger partial charge in [0.25, 0.3) is 0 Å². The fourth-order valence-corrected chi connectivity index (χ4v) is 3.29. The van der Waals surface area contributed by atoms with Gasteiger partial charge in [0.2, 0.25) is 5.88 Å². The van der Waals surface area contributed by atoms with Crippen LogP contribution in [0.15, 0.2) is 42.6 Å². The number of hydrogen-bond acceptors (Lipinski definition) is 5. The first kappa shape index (κ1) is 16.6. The number of aryl methyl sites for hydroxylation is 1. The van der Waals surface area contributed by atoms with Crippen molar-refractivity contribution in [2.45, 2.75) is 6.42 Å². The normalized spacial score (nSPS) is 15.0. The van der Waals surface area contributed by atoms with E-state index in [9.17, 15) is 0 Å². The topological polar surface area (TPSA) is 77.9 Å². The number of pyridine rings is 1. The highest BCUT2D eigenvalue weighted by Gasteiger charge is 2.16. The lowest BCUT2D eigenvalue weighted by Crippen LogP contribution is -2.08. The number of nitrogens with zero attached hydrogens (tertiary/aromatic N) is 4. The molecule has 1 aromatic carbocycles.